The van der Waals surface area contributed by atoms with Crippen LogP contribution in [0.3, 0.4) is 0 Å². The molecule has 1 aliphatic carbocycles. The number of carboxylic acids is 4. The summed E-state index contributed by atoms with van der Waals surface area (Å²) < 4.78 is 0. The predicted molar refractivity (Wildman–Crippen MR) is 54.7 cm³/mol. The molecule has 0 aromatic rings. The maximum absolute atomic E-state index is 10.7. The third kappa shape index (κ3) is 5.31. The summed E-state index contributed by atoms with van der Waals surface area (Å²) in [5.41, 5.74) is 0. The van der Waals surface area contributed by atoms with Crippen LogP contribution in [0.25, 0.3) is 0 Å². The van der Waals surface area contributed by atoms with Crippen molar-refractivity contribution < 1.29 is 39.6 Å². The second-order valence-electron chi connectivity index (χ2n) is 4.17. The number of carbonyl (C=O) groups is 4. The third-order valence-electron chi connectivity index (χ3n) is 3.20. The first-order valence-corrected chi connectivity index (χ1v) is 5.09. The Morgan fingerprint density at radius 2 is 0.700 bits per heavy atom. The van der Waals surface area contributed by atoms with E-state index < -0.39 is 60.4 Å². The number of rotatable bonds is 4. The largest absolute Gasteiger partial charge is 2.00 e. The molecule has 100 valence electrons. The van der Waals surface area contributed by atoms with Gasteiger partial charge < -0.3 is 39.6 Å². The summed E-state index contributed by atoms with van der Waals surface area (Å²) in [6.07, 6.45) is -1.38. The molecule has 0 N–H and O–H groups in total. The van der Waals surface area contributed by atoms with E-state index in [0.717, 1.165) is 0 Å². The van der Waals surface area contributed by atoms with Gasteiger partial charge in [-0.2, -0.15) is 0 Å². The first-order chi connectivity index (χ1) is 8.25. The second-order valence-corrected chi connectivity index (χ2v) is 4.17. The van der Waals surface area contributed by atoms with E-state index in [1.54, 1.807) is 0 Å². The van der Waals surface area contributed by atoms with Gasteiger partial charge in [-0.1, -0.05) is 0 Å². The Kier molecular flexibility index (Phi) is 10.7. The van der Waals surface area contributed by atoms with Crippen LogP contribution >= 0.6 is 0 Å². The molecular formula is C10H8Ca2O8. The van der Waals surface area contributed by atoms with Gasteiger partial charge in [0.1, 0.15) is 0 Å². The minimum Gasteiger partial charge on any atom is -0.550 e. The summed E-state index contributed by atoms with van der Waals surface area (Å²) in [7, 11) is 0. The van der Waals surface area contributed by atoms with Crippen molar-refractivity contribution in [2.45, 2.75) is 12.8 Å². The molecule has 0 aliphatic heterocycles. The molecule has 0 saturated heterocycles. The molecule has 4 atom stereocenters. The van der Waals surface area contributed by atoms with Gasteiger partial charge in [0.25, 0.3) is 0 Å². The molecule has 8 nitrogen and oxygen atoms in total. The zero-order valence-corrected chi connectivity index (χ0v) is 14.8. The Labute approximate surface area is 173 Å². The van der Waals surface area contributed by atoms with E-state index in [9.17, 15) is 39.6 Å². The van der Waals surface area contributed by atoms with Crippen molar-refractivity contribution in [2.24, 2.45) is 23.7 Å². The number of hydrogen-bond acceptors (Lipinski definition) is 8. The van der Waals surface area contributed by atoms with Crippen molar-refractivity contribution in [2.75, 3.05) is 0 Å². The Balaban J connectivity index is 0. The Hall–Kier alpha value is 0.399. The molecule has 1 aliphatic rings. The predicted octanol–water partition coefficient (Wildman–Crippen LogP) is -6.52. The van der Waals surface area contributed by atoms with Crippen molar-refractivity contribution >= 4 is 99.4 Å². The summed E-state index contributed by atoms with van der Waals surface area (Å²) in [5.74, 6) is -13.5. The fourth-order valence-corrected chi connectivity index (χ4v) is 2.25. The third-order valence-corrected chi connectivity index (χ3v) is 3.20. The van der Waals surface area contributed by atoms with Gasteiger partial charge in [0.15, 0.2) is 0 Å². The van der Waals surface area contributed by atoms with Crippen LogP contribution in [-0.2, 0) is 19.2 Å². The maximum atomic E-state index is 10.7. The van der Waals surface area contributed by atoms with Gasteiger partial charge in [-0.15, -0.1) is 0 Å². The van der Waals surface area contributed by atoms with Gasteiger partial charge in [-0.25, -0.2) is 0 Å². The van der Waals surface area contributed by atoms with E-state index in [1.807, 2.05) is 0 Å². The van der Waals surface area contributed by atoms with Crippen LogP contribution in [0.4, 0.5) is 0 Å². The molecule has 1 rings (SSSR count). The van der Waals surface area contributed by atoms with Crippen molar-refractivity contribution in [1.82, 2.24) is 0 Å². The van der Waals surface area contributed by atoms with Crippen molar-refractivity contribution in [1.29, 1.82) is 0 Å². The number of carboxylic acid groups (broad SMARTS) is 4. The molecule has 0 aromatic heterocycles. The number of hydrogen-bond donors (Lipinski definition) is 0. The average molecular weight is 336 g/mol. The van der Waals surface area contributed by atoms with E-state index >= 15 is 0 Å². The van der Waals surface area contributed by atoms with Gasteiger partial charge in [0, 0.05) is 47.5 Å². The topological polar surface area (TPSA) is 161 Å². The zero-order valence-electron chi connectivity index (χ0n) is 10.4. The van der Waals surface area contributed by atoms with Crippen LogP contribution in [0.2, 0.25) is 0 Å². The van der Waals surface area contributed by atoms with Gasteiger partial charge in [0.05, 0.1) is 0 Å². The Morgan fingerprint density at radius 1 is 0.550 bits per heavy atom. The minimum atomic E-state index is -1.76. The molecule has 1 fully saturated rings. The standard InChI is InChI=1S/C10H12O8.2Ca/c11-7(12)3-1-4(8(13)14)6(10(17)18)2-5(3)9(15)16;;/h3-6H,1-2H2,(H,11,12)(H,13,14)(H,15,16)(H,17,18);;/q;2*+2/p-4. The van der Waals surface area contributed by atoms with Crippen LogP contribution < -0.4 is 20.4 Å². The van der Waals surface area contributed by atoms with Crippen LogP contribution in [-0.4, -0.2) is 99.4 Å². The van der Waals surface area contributed by atoms with E-state index in [4.69, 9.17) is 0 Å². The van der Waals surface area contributed by atoms with Crippen LogP contribution in [0, 0.1) is 23.7 Å². The first-order valence-electron chi connectivity index (χ1n) is 5.09. The van der Waals surface area contributed by atoms with Crippen LogP contribution in [0.15, 0.2) is 0 Å². The molecule has 0 amide bonds. The summed E-state index contributed by atoms with van der Waals surface area (Å²) in [4.78, 5) is 42.9. The Bertz CT molecular complexity index is 336. The molecule has 0 aromatic carbocycles. The smallest absolute Gasteiger partial charge is 0.550 e. The Morgan fingerprint density at radius 3 is 0.800 bits per heavy atom. The van der Waals surface area contributed by atoms with E-state index in [-0.39, 0.29) is 75.5 Å². The van der Waals surface area contributed by atoms with Gasteiger partial charge in [0.2, 0.25) is 0 Å². The molecule has 0 radical (unpaired) electrons. The summed E-state index contributed by atoms with van der Waals surface area (Å²) in [6.45, 7) is 0. The first kappa shape index (κ1) is 22.7. The van der Waals surface area contributed by atoms with Crippen molar-refractivity contribution in [3.8, 4) is 0 Å². The molecule has 4 unspecified atom stereocenters. The van der Waals surface area contributed by atoms with Gasteiger partial charge >= 0.3 is 75.5 Å². The zero-order chi connectivity index (χ0) is 14.0. The normalized spacial score (nSPS) is 28.4. The molecule has 1 saturated carbocycles. The SMILES string of the molecule is O=C([O-])C1CC(C(=O)[O-])C(C(=O)[O-])CC1C(=O)[O-].[Ca+2].[Ca+2]. The summed E-state index contributed by atoms with van der Waals surface area (Å²) >= 11 is 0. The van der Waals surface area contributed by atoms with Gasteiger partial charge in [-0.3, -0.25) is 0 Å². The fraction of sp³-hybridized carbons (Fsp3) is 0.600. The van der Waals surface area contributed by atoms with Gasteiger partial charge in [-0.05, 0) is 12.8 Å². The average Bonchev–Trinajstić information content (AvgIpc) is 2.26. The molecule has 0 spiro atoms. The molecular weight excluding hydrogens is 328 g/mol. The second kappa shape index (κ2) is 9.42. The molecule has 10 heteroatoms. The van der Waals surface area contributed by atoms with E-state index in [2.05, 4.69) is 0 Å². The fourth-order valence-electron chi connectivity index (χ4n) is 2.25. The quantitative estimate of drug-likeness (QED) is 0.458. The van der Waals surface area contributed by atoms with Crippen LogP contribution in [0.5, 0.6) is 0 Å². The number of aliphatic carboxylic acids is 4. The number of carbonyl (C=O) groups excluding carboxylic acids is 4. The molecule has 0 heterocycles. The monoisotopic (exact) mass is 336 g/mol. The summed E-state index contributed by atoms with van der Waals surface area (Å²) in [5, 5.41) is 42.9. The van der Waals surface area contributed by atoms with Crippen molar-refractivity contribution in [3.05, 3.63) is 0 Å². The minimum absolute atomic E-state index is 0. The molecule has 20 heavy (non-hydrogen) atoms. The summed E-state index contributed by atoms with van der Waals surface area (Å²) in [6, 6.07) is 0. The van der Waals surface area contributed by atoms with E-state index in [1.165, 1.54) is 0 Å². The van der Waals surface area contributed by atoms with E-state index in [0.29, 0.717) is 0 Å². The maximum Gasteiger partial charge on any atom is 2.00 e. The van der Waals surface area contributed by atoms with Crippen molar-refractivity contribution in [3.63, 3.8) is 0 Å². The molecule has 0 bridgehead atoms. The van der Waals surface area contributed by atoms with Crippen LogP contribution in [0.1, 0.15) is 12.8 Å².